The van der Waals surface area contributed by atoms with Crippen molar-refractivity contribution in [3.8, 4) is 11.5 Å². The number of aliphatic hydroxyl groups is 1. The van der Waals surface area contributed by atoms with E-state index in [-0.39, 0.29) is 24.5 Å². The highest BCUT2D eigenvalue weighted by molar-refractivity contribution is 6.46. The first-order valence-corrected chi connectivity index (χ1v) is 11.2. The molecule has 0 saturated carbocycles. The molecule has 0 aliphatic carbocycles. The quantitative estimate of drug-likeness (QED) is 0.283. The summed E-state index contributed by atoms with van der Waals surface area (Å²) in [5.74, 6) is -0.765. The molecule has 1 N–H and O–H groups in total. The number of likely N-dealkylation sites (tertiary alicyclic amines) is 1. The number of carbonyl (C=O) groups excluding carboxylic acids is 2. The smallest absolute Gasteiger partial charge is 0.295 e. The summed E-state index contributed by atoms with van der Waals surface area (Å²) in [5.41, 5.74) is 1.99. The highest BCUT2D eigenvalue weighted by Gasteiger charge is 2.46. The van der Waals surface area contributed by atoms with Crippen LogP contribution in [-0.2, 0) is 20.9 Å². The Bertz CT molecular complexity index is 1240. The van der Waals surface area contributed by atoms with E-state index in [9.17, 15) is 14.7 Å². The molecule has 4 rings (SSSR count). The number of methoxy groups -OCH3 is 2. The van der Waals surface area contributed by atoms with Crippen molar-refractivity contribution in [3.05, 3.63) is 101 Å². The molecule has 1 aliphatic heterocycles. The molecule has 0 radical (unpaired) electrons. The number of carbonyl (C=O) groups is 2. The van der Waals surface area contributed by atoms with Crippen molar-refractivity contribution in [2.45, 2.75) is 12.6 Å². The third-order valence-corrected chi connectivity index (χ3v) is 5.86. The van der Waals surface area contributed by atoms with Crippen molar-refractivity contribution in [1.29, 1.82) is 0 Å². The van der Waals surface area contributed by atoms with Gasteiger partial charge in [0.15, 0.2) is 0 Å². The number of ether oxygens (including phenoxy) is 3. The minimum Gasteiger partial charge on any atom is -0.507 e. The maximum Gasteiger partial charge on any atom is 0.295 e. The summed E-state index contributed by atoms with van der Waals surface area (Å²) in [4.78, 5) is 27.6. The second-order valence-corrected chi connectivity index (χ2v) is 8.03. The van der Waals surface area contributed by atoms with Crippen LogP contribution in [0, 0.1) is 0 Å². The number of amides is 1. The zero-order valence-corrected chi connectivity index (χ0v) is 19.6. The molecule has 0 spiro atoms. The van der Waals surface area contributed by atoms with Crippen molar-refractivity contribution < 1.29 is 28.9 Å². The summed E-state index contributed by atoms with van der Waals surface area (Å²) < 4.78 is 16.5. The van der Waals surface area contributed by atoms with Crippen molar-refractivity contribution in [1.82, 2.24) is 4.90 Å². The first-order valence-electron chi connectivity index (χ1n) is 11.2. The molecule has 1 saturated heterocycles. The predicted octanol–water partition coefficient (Wildman–Crippen LogP) is 4.34. The average molecular weight is 474 g/mol. The first-order chi connectivity index (χ1) is 17.0. The van der Waals surface area contributed by atoms with Gasteiger partial charge in [-0.3, -0.25) is 9.59 Å². The van der Waals surface area contributed by atoms with E-state index in [1.165, 1.54) is 19.1 Å². The zero-order chi connectivity index (χ0) is 24.8. The number of aliphatic hydroxyl groups excluding tert-OH is 1. The van der Waals surface area contributed by atoms with E-state index in [0.717, 1.165) is 5.56 Å². The van der Waals surface area contributed by atoms with Gasteiger partial charge in [0.25, 0.3) is 11.7 Å². The number of ketones is 1. The Kier molecular flexibility index (Phi) is 7.48. The van der Waals surface area contributed by atoms with Crippen molar-refractivity contribution in [2.24, 2.45) is 0 Å². The van der Waals surface area contributed by atoms with E-state index in [2.05, 4.69) is 0 Å². The van der Waals surface area contributed by atoms with Crippen molar-refractivity contribution in [3.63, 3.8) is 0 Å². The van der Waals surface area contributed by atoms with Gasteiger partial charge in [-0.25, -0.2) is 0 Å². The van der Waals surface area contributed by atoms with Gasteiger partial charge in [-0.2, -0.15) is 0 Å². The number of rotatable bonds is 9. The first kappa shape index (κ1) is 24.0. The molecule has 1 fully saturated rings. The molecule has 1 heterocycles. The standard InChI is InChI=1S/C28H27NO6/c1-33-16-15-29-25(20-11-8-12-21(17-20)35-18-19-9-4-3-5-10-19)24(27(31)28(29)32)26(30)22-13-6-7-14-23(22)34-2/h3-14,17,25,30H,15-16,18H2,1-2H3/b26-24-. The highest BCUT2D eigenvalue weighted by Crippen LogP contribution is 2.41. The van der Waals surface area contributed by atoms with E-state index in [0.29, 0.717) is 29.2 Å². The summed E-state index contributed by atoms with van der Waals surface area (Å²) in [6.07, 6.45) is 0. The van der Waals surface area contributed by atoms with Gasteiger partial charge in [0, 0.05) is 13.7 Å². The number of Topliss-reactive ketones (excluding diaryl/α,β-unsaturated/α-hetero) is 1. The lowest BCUT2D eigenvalue weighted by Crippen LogP contribution is -2.32. The molecule has 3 aromatic carbocycles. The Morgan fingerprint density at radius 1 is 0.943 bits per heavy atom. The normalized spacial score (nSPS) is 17.0. The third-order valence-electron chi connectivity index (χ3n) is 5.86. The Morgan fingerprint density at radius 2 is 1.69 bits per heavy atom. The van der Waals surface area contributed by atoms with Crippen LogP contribution in [0.2, 0.25) is 0 Å². The average Bonchev–Trinajstić information content (AvgIpc) is 3.16. The largest absolute Gasteiger partial charge is 0.507 e. The number of para-hydroxylation sites is 1. The van der Waals surface area contributed by atoms with Gasteiger partial charge in [-0.1, -0.05) is 54.6 Å². The summed E-state index contributed by atoms with van der Waals surface area (Å²) in [5, 5.41) is 11.3. The van der Waals surface area contributed by atoms with E-state index in [4.69, 9.17) is 14.2 Å². The molecule has 7 nitrogen and oxygen atoms in total. The van der Waals surface area contributed by atoms with Crippen LogP contribution < -0.4 is 9.47 Å². The van der Waals surface area contributed by atoms with E-state index in [1.54, 1.807) is 42.5 Å². The number of benzene rings is 3. The van der Waals surface area contributed by atoms with Crippen LogP contribution in [0.3, 0.4) is 0 Å². The van der Waals surface area contributed by atoms with Crippen LogP contribution in [0.15, 0.2) is 84.4 Å². The maximum atomic E-state index is 13.2. The lowest BCUT2D eigenvalue weighted by Gasteiger charge is -2.25. The van der Waals surface area contributed by atoms with Crippen LogP contribution in [0.4, 0.5) is 0 Å². The summed E-state index contributed by atoms with van der Waals surface area (Å²) in [7, 11) is 3.01. The maximum absolute atomic E-state index is 13.2. The summed E-state index contributed by atoms with van der Waals surface area (Å²) >= 11 is 0. The summed E-state index contributed by atoms with van der Waals surface area (Å²) in [6, 6.07) is 23.0. The molecule has 0 bridgehead atoms. The van der Waals surface area contributed by atoms with E-state index >= 15 is 0 Å². The van der Waals surface area contributed by atoms with Crippen LogP contribution in [0.5, 0.6) is 11.5 Å². The van der Waals surface area contributed by atoms with Crippen molar-refractivity contribution in [2.75, 3.05) is 27.4 Å². The minimum atomic E-state index is -0.810. The Labute approximate surface area is 204 Å². The lowest BCUT2D eigenvalue weighted by molar-refractivity contribution is -0.140. The molecule has 1 amide bonds. The SMILES string of the molecule is COCCN1C(=O)C(=O)/C(=C(\O)c2ccccc2OC)C1c1cccc(OCc2ccccc2)c1. The molecule has 0 aromatic heterocycles. The van der Waals surface area contributed by atoms with Crippen LogP contribution >= 0.6 is 0 Å². The van der Waals surface area contributed by atoms with E-state index in [1.807, 2.05) is 36.4 Å². The van der Waals surface area contributed by atoms with Crippen LogP contribution in [-0.4, -0.2) is 49.1 Å². The van der Waals surface area contributed by atoms with Gasteiger partial charge in [0.2, 0.25) is 0 Å². The van der Waals surface area contributed by atoms with Gasteiger partial charge >= 0.3 is 0 Å². The molecule has 180 valence electrons. The lowest BCUT2D eigenvalue weighted by atomic mass is 9.95. The fraction of sp³-hybridized carbons (Fsp3) is 0.214. The fourth-order valence-electron chi connectivity index (χ4n) is 4.15. The van der Waals surface area contributed by atoms with Gasteiger partial charge in [-0.15, -0.1) is 0 Å². The molecule has 35 heavy (non-hydrogen) atoms. The predicted molar refractivity (Wildman–Crippen MR) is 131 cm³/mol. The molecule has 7 heteroatoms. The molecular weight excluding hydrogens is 446 g/mol. The van der Waals surface area contributed by atoms with Crippen LogP contribution in [0.1, 0.15) is 22.7 Å². The Morgan fingerprint density at radius 3 is 2.43 bits per heavy atom. The molecular formula is C28H27NO6. The van der Waals surface area contributed by atoms with Gasteiger partial charge < -0.3 is 24.2 Å². The highest BCUT2D eigenvalue weighted by atomic mass is 16.5. The fourth-order valence-corrected chi connectivity index (χ4v) is 4.15. The van der Waals surface area contributed by atoms with Gasteiger partial charge in [-0.05, 0) is 35.4 Å². The second-order valence-electron chi connectivity index (χ2n) is 8.03. The minimum absolute atomic E-state index is 0.00388. The van der Waals surface area contributed by atoms with Crippen LogP contribution in [0.25, 0.3) is 5.76 Å². The number of nitrogens with zero attached hydrogens (tertiary/aromatic N) is 1. The monoisotopic (exact) mass is 473 g/mol. The molecule has 1 aliphatic rings. The van der Waals surface area contributed by atoms with Crippen molar-refractivity contribution >= 4 is 17.4 Å². The molecule has 1 atom stereocenters. The van der Waals surface area contributed by atoms with Gasteiger partial charge in [0.1, 0.15) is 23.9 Å². The molecule has 1 unspecified atom stereocenters. The Balaban J connectivity index is 1.76. The summed E-state index contributed by atoms with van der Waals surface area (Å²) in [6.45, 7) is 0.793. The van der Waals surface area contributed by atoms with E-state index < -0.39 is 17.7 Å². The number of hydrogen-bond acceptors (Lipinski definition) is 6. The second kappa shape index (κ2) is 10.9. The third kappa shape index (κ3) is 5.05. The number of hydrogen-bond donors (Lipinski definition) is 1. The molecule has 3 aromatic rings. The topological polar surface area (TPSA) is 85.3 Å². The van der Waals surface area contributed by atoms with Gasteiger partial charge in [0.05, 0.1) is 30.9 Å². The Hall–Kier alpha value is -4.10. The zero-order valence-electron chi connectivity index (χ0n) is 19.6.